The average molecular weight is 498 g/mol. The van der Waals surface area contributed by atoms with Crippen molar-refractivity contribution in [3.05, 3.63) is 78.9 Å². The highest BCUT2D eigenvalue weighted by atomic mass is 19.1. The zero-order valence-electron chi connectivity index (χ0n) is 19.8. The first-order chi connectivity index (χ1) is 18.1. The summed E-state index contributed by atoms with van der Waals surface area (Å²) in [6.07, 6.45) is 3.36. The number of pyridine rings is 1. The smallest absolute Gasteiger partial charge is 0.222 e. The van der Waals surface area contributed by atoms with Crippen LogP contribution in [0, 0.1) is 5.82 Å². The summed E-state index contributed by atoms with van der Waals surface area (Å²) >= 11 is 0. The highest BCUT2D eigenvalue weighted by molar-refractivity contribution is 5.82. The molecule has 0 unspecified atom stereocenters. The van der Waals surface area contributed by atoms with E-state index < -0.39 is 5.82 Å². The Morgan fingerprint density at radius 1 is 0.973 bits per heavy atom. The van der Waals surface area contributed by atoms with Crippen molar-refractivity contribution in [1.82, 2.24) is 19.9 Å². The maximum Gasteiger partial charge on any atom is 0.222 e. The number of aromatic amines is 1. The number of nitrogens with one attached hydrogen (secondary N) is 2. The van der Waals surface area contributed by atoms with Gasteiger partial charge in [-0.05, 0) is 36.4 Å². The van der Waals surface area contributed by atoms with Gasteiger partial charge >= 0.3 is 0 Å². The predicted octanol–water partition coefficient (Wildman–Crippen LogP) is 5.11. The zero-order valence-corrected chi connectivity index (χ0v) is 19.8. The molecule has 10 heteroatoms. The molecule has 0 spiro atoms. The first-order valence-corrected chi connectivity index (χ1v) is 11.9. The zero-order chi connectivity index (χ0) is 25.2. The van der Waals surface area contributed by atoms with Gasteiger partial charge in [0.1, 0.15) is 17.2 Å². The molecule has 3 aromatic heterocycles. The third-order valence-electron chi connectivity index (χ3n) is 6.13. The summed E-state index contributed by atoms with van der Waals surface area (Å²) in [4.78, 5) is 18.2. The van der Waals surface area contributed by atoms with Crippen LogP contribution in [-0.4, -0.2) is 46.2 Å². The van der Waals surface area contributed by atoms with E-state index in [1.165, 1.54) is 6.07 Å². The Bertz CT molecular complexity index is 1550. The molecule has 4 N–H and O–H groups in total. The summed E-state index contributed by atoms with van der Waals surface area (Å²) in [6.45, 7) is 3.20. The van der Waals surface area contributed by atoms with Gasteiger partial charge in [0.25, 0.3) is 0 Å². The lowest BCUT2D eigenvalue weighted by Crippen LogP contribution is -2.36. The van der Waals surface area contributed by atoms with Gasteiger partial charge in [0.15, 0.2) is 11.6 Å². The van der Waals surface area contributed by atoms with Crippen LogP contribution < -0.4 is 20.7 Å². The minimum Gasteiger partial charge on any atom is -0.453 e. The van der Waals surface area contributed by atoms with Crippen molar-refractivity contribution in [3.63, 3.8) is 0 Å². The van der Waals surface area contributed by atoms with E-state index in [-0.39, 0.29) is 11.7 Å². The van der Waals surface area contributed by atoms with Crippen molar-refractivity contribution in [1.29, 1.82) is 0 Å². The number of rotatable bonds is 6. The molecule has 186 valence electrons. The van der Waals surface area contributed by atoms with Crippen LogP contribution in [0.2, 0.25) is 0 Å². The van der Waals surface area contributed by atoms with E-state index in [1.807, 2.05) is 18.2 Å². The summed E-state index contributed by atoms with van der Waals surface area (Å²) in [5.41, 5.74) is 9.85. The average Bonchev–Trinajstić information content (AvgIpc) is 3.41. The van der Waals surface area contributed by atoms with E-state index >= 15 is 0 Å². The normalized spacial score (nSPS) is 13.6. The van der Waals surface area contributed by atoms with Crippen LogP contribution in [0.1, 0.15) is 0 Å². The highest BCUT2D eigenvalue weighted by Gasteiger charge is 2.13. The van der Waals surface area contributed by atoms with Gasteiger partial charge in [0.2, 0.25) is 5.95 Å². The van der Waals surface area contributed by atoms with Gasteiger partial charge < -0.3 is 30.4 Å². The van der Waals surface area contributed by atoms with Crippen LogP contribution in [0.5, 0.6) is 11.5 Å². The number of morpholine rings is 1. The van der Waals surface area contributed by atoms with Crippen LogP contribution in [-0.2, 0) is 4.74 Å². The third kappa shape index (κ3) is 4.87. The van der Waals surface area contributed by atoms with E-state index in [1.54, 1.807) is 36.7 Å². The van der Waals surface area contributed by atoms with E-state index in [2.05, 4.69) is 42.3 Å². The fourth-order valence-electron chi connectivity index (χ4n) is 4.29. The number of ether oxygens (including phenoxy) is 2. The van der Waals surface area contributed by atoms with E-state index in [0.717, 1.165) is 42.9 Å². The number of benzene rings is 2. The Morgan fingerprint density at radius 2 is 1.81 bits per heavy atom. The minimum atomic E-state index is -0.522. The van der Waals surface area contributed by atoms with E-state index in [9.17, 15) is 4.39 Å². The van der Waals surface area contributed by atoms with Crippen molar-refractivity contribution < 1.29 is 13.9 Å². The topological polar surface area (TPSA) is 114 Å². The monoisotopic (exact) mass is 497 g/mol. The number of H-pyrrole nitrogens is 1. The molecule has 4 heterocycles. The quantitative estimate of drug-likeness (QED) is 0.296. The lowest BCUT2D eigenvalue weighted by molar-refractivity contribution is 0.122. The second kappa shape index (κ2) is 9.75. The largest absolute Gasteiger partial charge is 0.453 e. The second-order valence-electron chi connectivity index (χ2n) is 8.56. The second-order valence-corrected chi connectivity index (χ2v) is 8.56. The molecular formula is C27H24FN7O2. The summed E-state index contributed by atoms with van der Waals surface area (Å²) in [5.74, 6) is 0.662. The molecule has 1 aliphatic rings. The number of halogens is 1. The van der Waals surface area contributed by atoms with Crippen molar-refractivity contribution in [2.45, 2.75) is 0 Å². The Labute approximate surface area is 212 Å². The van der Waals surface area contributed by atoms with Gasteiger partial charge in [0, 0.05) is 54.6 Å². The molecule has 0 bridgehead atoms. The van der Waals surface area contributed by atoms with Gasteiger partial charge in [-0.15, -0.1) is 0 Å². The number of hydrogen-bond acceptors (Lipinski definition) is 8. The molecule has 2 aromatic carbocycles. The lowest BCUT2D eigenvalue weighted by Gasteiger charge is -2.28. The minimum absolute atomic E-state index is 0.0995. The first kappa shape index (κ1) is 22.7. The van der Waals surface area contributed by atoms with Gasteiger partial charge in [-0.3, -0.25) is 0 Å². The molecule has 9 nitrogen and oxygen atoms in total. The molecule has 1 fully saturated rings. The van der Waals surface area contributed by atoms with Gasteiger partial charge in [-0.2, -0.15) is 4.98 Å². The fraction of sp³-hybridized carbons (Fsp3) is 0.148. The maximum atomic E-state index is 14.9. The highest BCUT2D eigenvalue weighted by Crippen LogP contribution is 2.32. The molecule has 37 heavy (non-hydrogen) atoms. The third-order valence-corrected chi connectivity index (χ3v) is 6.13. The first-order valence-electron chi connectivity index (χ1n) is 11.9. The molecule has 1 saturated heterocycles. The summed E-state index contributed by atoms with van der Waals surface area (Å²) in [7, 11) is 0. The Hall–Kier alpha value is -4.70. The summed E-state index contributed by atoms with van der Waals surface area (Å²) in [6, 6.07) is 18.1. The molecule has 0 radical (unpaired) electrons. The molecular weight excluding hydrogens is 473 g/mol. The SMILES string of the molecule is Nc1nc(Nc2ccc(Oc3ccnc4[nH]ccc34)c(F)c2)cc(-c2ccc(N3CCOCC3)cc2)n1. The number of fused-ring (bicyclic) bond motifs is 1. The van der Waals surface area contributed by atoms with Gasteiger partial charge in [0.05, 0.1) is 24.3 Å². The van der Waals surface area contributed by atoms with Crippen LogP contribution in [0.15, 0.2) is 73.1 Å². The van der Waals surface area contributed by atoms with Crippen LogP contribution in [0.4, 0.5) is 27.5 Å². The van der Waals surface area contributed by atoms with Crippen LogP contribution >= 0.6 is 0 Å². The van der Waals surface area contributed by atoms with Crippen molar-refractivity contribution in [3.8, 4) is 22.8 Å². The molecule has 6 rings (SSSR count). The van der Waals surface area contributed by atoms with Crippen molar-refractivity contribution >= 4 is 34.2 Å². The Morgan fingerprint density at radius 3 is 2.62 bits per heavy atom. The summed E-state index contributed by atoms with van der Waals surface area (Å²) in [5, 5.41) is 3.88. The number of hydrogen-bond donors (Lipinski definition) is 3. The lowest BCUT2D eigenvalue weighted by atomic mass is 10.1. The standard InChI is InChI=1S/C27H24FN7O2/c28-21-15-18(3-6-24(21)37-23-8-10-31-26-20(23)7-9-30-26)32-25-16-22(33-27(29)34-25)17-1-4-19(5-2-17)35-11-13-36-14-12-35/h1-10,15-16H,11-14H2,(H,30,31)(H3,29,32,33,34). The van der Waals surface area contributed by atoms with E-state index in [0.29, 0.717) is 28.6 Å². The van der Waals surface area contributed by atoms with Crippen LogP contribution in [0.3, 0.4) is 0 Å². The number of nitrogens with zero attached hydrogens (tertiary/aromatic N) is 4. The maximum absolute atomic E-state index is 14.9. The van der Waals surface area contributed by atoms with Crippen molar-refractivity contribution in [2.24, 2.45) is 0 Å². The number of nitrogen functional groups attached to an aromatic ring is 1. The molecule has 0 aliphatic carbocycles. The molecule has 0 atom stereocenters. The van der Waals surface area contributed by atoms with Gasteiger partial charge in [-0.1, -0.05) is 12.1 Å². The fourth-order valence-corrected chi connectivity index (χ4v) is 4.29. The van der Waals surface area contributed by atoms with Crippen molar-refractivity contribution in [2.75, 3.05) is 42.3 Å². The summed E-state index contributed by atoms with van der Waals surface area (Å²) < 4.78 is 26.2. The number of aromatic nitrogens is 4. The molecule has 5 aromatic rings. The van der Waals surface area contributed by atoms with E-state index in [4.69, 9.17) is 15.2 Å². The molecule has 1 aliphatic heterocycles. The molecule has 0 amide bonds. The van der Waals surface area contributed by atoms with Gasteiger partial charge in [-0.25, -0.2) is 14.4 Å². The Kier molecular flexibility index (Phi) is 5.99. The predicted molar refractivity (Wildman–Crippen MR) is 141 cm³/mol. The number of anilines is 4. The van der Waals surface area contributed by atoms with Crippen LogP contribution in [0.25, 0.3) is 22.3 Å². The number of nitrogens with two attached hydrogens (primary N) is 1. The Balaban J connectivity index is 1.20. The molecule has 0 saturated carbocycles.